The number of carbonyl (C=O) groups is 3. The van der Waals surface area contributed by atoms with Crippen LogP contribution in [0.15, 0.2) is 24.3 Å². The molecule has 1 saturated heterocycles. The van der Waals surface area contributed by atoms with Gasteiger partial charge in [0.15, 0.2) is 10.9 Å². The third-order valence-corrected chi connectivity index (χ3v) is 5.93. The van der Waals surface area contributed by atoms with E-state index in [-0.39, 0.29) is 36.3 Å². The van der Waals surface area contributed by atoms with Crippen molar-refractivity contribution >= 4 is 39.8 Å². The number of carbonyl (C=O) groups excluding carboxylic acids is 3. The topological polar surface area (TPSA) is 82.6 Å². The lowest BCUT2D eigenvalue weighted by Gasteiger charge is -2.36. The summed E-state index contributed by atoms with van der Waals surface area (Å²) in [7, 11) is 0. The third kappa shape index (κ3) is 5.38. The van der Waals surface area contributed by atoms with Crippen LogP contribution in [0.1, 0.15) is 35.1 Å². The molecule has 2 aromatic rings. The van der Waals surface area contributed by atoms with Crippen molar-refractivity contribution in [1.82, 2.24) is 9.88 Å². The zero-order valence-corrected chi connectivity index (χ0v) is 17.2. The Morgan fingerprint density at radius 1 is 1.10 bits per heavy atom. The Morgan fingerprint density at radius 3 is 2.34 bits per heavy atom. The molecule has 3 rings (SSSR count). The number of ketones is 1. The number of aryl methyl sites for hydroxylation is 1. The van der Waals surface area contributed by atoms with Gasteiger partial charge in [-0.1, -0.05) is 11.3 Å². The number of amides is 2. The molecule has 29 heavy (non-hydrogen) atoms. The SMILES string of the molecule is CC(=O)c1sc(NC(=O)CCC(=O)N2CCN(c3ccc(F)cc3)CC2)nc1C. The molecule has 1 aromatic heterocycles. The first-order valence-corrected chi connectivity index (χ1v) is 10.2. The first-order valence-electron chi connectivity index (χ1n) is 9.40. The molecule has 0 atom stereocenters. The lowest BCUT2D eigenvalue weighted by Crippen LogP contribution is -2.48. The molecular formula is C20H23FN4O3S. The van der Waals surface area contributed by atoms with Gasteiger partial charge in [-0.2, -0.15) is 0 Å². The molecular weight excluding hydrogens is 395 g/mol. The molecule has 2 amide bonds. The highest BCUT2D eigenvalue weighted by molar-refractivity contribution is 7.17. The number of benzene rings is 1. The first kappa shape index (κ1) is 20.9. The number of hydrogen-bond donors (Lipinski definition) is 1. The van der Waals surface area contributed by atoms with Gasteiger partial charge in [-0.3, -0.25) is 14.4 Å². The van der Waals surface area contributed by atoms with Gasteiger partial charge in [-0.25, -0.2) is 9.37 Å². The van der Waals surface area contributed by atoms with Gasteiger partial charge in [0.2, 0.25) is 11.8 Å². The molecule has 9 heteroatoms. The smallest absolute Gasteiger partial charge is 0.226 e. The van der Waals surface area contributed by atoms with Crippen LogP contribution in [0.25, 0.3) is 0 Å². The van der Waals surface area contributed by atoms with Crippen LogP contribution in [0.3, 0.4) is 0 Å². The van der Waals surface area contributed by atoms with Gasteiger partial charge < -0.3 is 15.1 Å². The molecule has 7 nitrogen and oxygen atoms in total. The predicted molar refractivity (Wildman–Crippen MR) is 110 cm³/mol. The molecule has 1 aliphatic rings. The van der Waals surface area contributed by atoms with Crippen LogP contribution < -0.4 is 10.2 Å². The molecule has 0 aliphatic carbocycles. The van der Waals surface area contributed by atoms with Crippen molar-refractivity contribution in [1.29, 1.82) is 0 Å². The van der Waals surface area contributed by atoms with Crippen LogP contribution in [0.2, 0.25) is 0 Å². The quantitative estimate of drug-likeness (QED) is 0.730. The number of aromatic nitrogens is 1. The number of Topliss-reactive ketones (excluding diaryl/α,β-unsaturated/α-hetero) is 1. The Bertz CT molecular complexity index is 905. The zero-order valence-electron chi connectivity index (χ0n) is 16.4. The van der Waals surface area contributed by atoms with E-state index >= 15 is 0 Å². The molecule has 1 fully saturated rings. The standard InChI is InChI=1S/C20H23FN4O3S/c1-13-19(14(2)26)29-20(22-13)23-17(27)7-8-18(28)25-11-9-24(10-12-25)16-5-3-15(21)4-6-16/h3-6H,7-12H2,1-2H3,(H,22,23,27). The van der Waals surface area contributed by atoms with Gasteiger partial charge in [0.1, 0.15) is 5.82 Å². The number of piperazine rings is 1. The summed E-state index contributed by atoms with van der Waals surface area (Å²) in [5.74, 6) is -0.729. The van der Waals surface area contributed by atoms with E-state index in [2.05, 4.69) is 15.2 Å². The van der Waals surface area contributed by atoms with Gasteiger partial charge in [0.25, 0.3) is 0 Å². The monoisotopic (exact) mass is 418 g/mol. The third-order valence-electron chi connectivity index (χ3n) is 4.75. The fourth-order valence-electron chi connectivity index (χ4n) is 3.20. The van der Waals surface area contributed by atoms with E-state index in [1.165, 1.54) is 19.1 Å². The van der Waals surface area contributed by atoms with E-state index in [1.807, 2.05) is 0 Å². The average molecular weight is 418 g/mol. The number of nitrogens with zero attached hydrogens (tertiary/aromatic N) is 3. The van der Waals surface area contributed by atoms with Crippen molar-refractivity contribution < 1.29 is 18.8 Å². The zero-order chi connectivity index (χ0) is 21.0. The highest BCUT2D eigenvalue weighted by atomic mass is 32.1. The Balaban J connectivity index is 1.44. The maximum Gasteiger partial charge on any atom is 0.226 e. The number of rotatable bonds is 6. The van der Waals surface area contributed by atoms with Crippen molar-refractivity contribution in [3.05, 3.63) is 40.7 Å². The minimum absolute atomic E-state index is 0.0606. The van der Waals surface area contributed by atoms with Gasteiger partial charge in [-0.15, -0.1) is 0 Å². The summed E-state index contributed by atoms with van der Waals surface area (Å²) in [4.78, 5) is 44.5. The van der Waals surface area contributed by atoms with Crippen LogP contribution in [0.4, 0.5) is 15.2 Å². The van der Waals surface area contributed by atoms with Crippen LogP contribution in [-0.4, -0.2) is 53.7 Å². The molecule has 0 radical (unpaired) electrons. The highest BCUT2D eigenvalue weighted by Gasteiger charge is 2.22. The summed E-state index contributed by atoms with van der Waals surface area (Å²) in [6.45, 7) is 5.63. The number of halogens is 1. The molecule has 154 valence electrons. The fraction of sp³-hybridized carbons (Fsp3) is 0.400. The van der Waals surface area contributed by atoms with E-state index in [1.54, 1.807) is 24.0 Å². The van der Waals surface area contributed by atoms with Crippen LogP contribution in [0, 0.1) is 12.7 Å². The molecule has 0 unspecified atom stereocenters. The molecule has 0 spiro atoms. The summed E-state index contributed by atoms with van der Waals surface area (Å²) in [6, 6.07) is 6.31. The second kappa shape index (κ2) is 9.13. The van der Waals surface area contributed by atoms with Crippen molar-refractivity contribution in [2.45, 2.75) is 26.7 Å². The number of nitrogens with one attached hydrogen (secondary N) is 1. The van der Waals surface area contributed by atoms with E-state index in [0.29, 0.717) is 41.9 Å². The van der Waals surface area contributed by atoms with Gasteiger partial charge in [0.05, 0.1) is 10.6 Å². The molecule has 0 bridgehead atoms. The van der Waals surface area contributed by atoms with E-state index in [0.717, 1.165) is 17.0 Å². The van der Waals surface area contributed by atoms with Gasteiger partial charge in [-0.05, 0) is 31.2 Å². The number of hydrogen-bond acceptors (Lipinski definition) is 6. The van der Waals surface area contributed by atoms with E-state index < -0.39 is 0 Å². The predicted octanol–water partition coefficient (Wildman–Crippen LogP) is 2.86. The molecule has 0 saturated carbocycles. The van der Waals surface area contributed by atoms with Crippen molar-refractivity contribution in [3.63, 3.8) is 0 Å². The maximum absolute atomic E-state index is 13.0. The van der Waals surface area contributed by atoms with Crippen molar-refractivity contribution in [3.8, 4) is 0 Å². The van der Waals surface area contributed by atoms with Gasteiger partial charge >= 0.3 is 0 Å². The lowest BCUT2D eigenvalue weighted by molar-refractivity contribution is -0.133. The van der Waals surface area contributed by atoms with Crippen LogP contribution in [-0.2, 0) is 9.59 Å². The normalized spacial score (nSPS) is 14.0. The molecule has 1 aromatic carbocycles. The Kier molecular flexibility index (Phi) is 6.58. The number of thiazole rings is 1. The summed E-state index contributed by atoms with van der Waals surface area (Å²) in [6.07, 6.45) is 0.178. The van der Waals surface area contributed by atoms with Crippen LogP contribution >= 0.6 is 11.3 Å². The lowest BCUT2D eigenvalue weighted by atomic mass is 10.2. The summed E-state index contributed by atoms with van der Waals surface area (Å²) < 4.78 is 13.0. The summed E-state index contributed by atoms with van der Waals surface area (Å²) in [5, 5.41) is 3.03. The second-order valence-corrected chi connectivity index (χ2v) is 7.88. The average Bonchev–Trinajstić information content (AvgIpc) is 3.07. The minimum Gasteiger partial charge on any atom is -0.368 e. The van der Waals surface area contributed by atoms with E-state index in [9.17, 15) is 18.8 Å². The Hall–Kier alpha value is -2.81. The fourth-order valence-corrected chi connectivity index (χ4v) is 4.08. The molecule has 1 aliphatic heterocycles. The number of anilines is 2. The minimum atomic E-state index is -0.299. The first-order chi connectivity index (χ1) is 13.8. The Labute approximate surface area is 172 Å². The summed E-state index contributed by atoms with van der Waals surface area (Å²) in [5.41, 5.74) is 1.52. The van der Waals surface area contributed by atoms with Gasteiger partial charge in [0, 0.05) is 51.6 Å². The largest absolute Gasteiger partial charge is 0.368 e. The maximum atomic E-state index is 13.0. The second-order valence-electron chi connectivity index (χ2n) is 6.88. The Morgan fingerprint density at radius 2 is 1.76 bits per heavy atom. The van der Waals surface area contributed by atoms with Crippen molar-refractivity contribution in [2.75, 3.05) is 36.4 Å². The summed E-state index contributed by atoms with van der Waals surface area (Å²) >= 11 is 1.14. The molecule has 1 N–H and O–H groups in total. The van der Waals surface area contributed by atoms with Crippen LogP contribution in [0.5, 0.6) is 0 Å². The molecule has 2 heterocycles. The van der Waals surface area contributed by atoms with Crippen molar-refractivity contribution in [2.24, 2.45) is 0 Å². The highest BCUT2D eigenvalue weighted by Crippen LogP contribution is 2.23. The van der Waals surface area contributed by atoms with E-state index in [4.69, 9.17) is 0 Å².